The molecule has 0 aliphatic rings. The highest BCUT2D eigenvalue weighted by atomic mass is 16.6. The van der Waals surface area contributed by atoms with Crippen LogP contribution in [0.1, 0.15) is 68.7 Å². The van der Waals surface area contributed by atoms with Crippen molar-refractivity contribution >= 4 is 0 Å². The lowest BCUT2D eigenvalue weighted by Gasteiger charge is -2.38. The third kappa shape index (κ3) is 11.1. The number of ether oxygens (including phenoxy) is 3. The van der Waals surface area contributed by atoms with Gasteiger partial charge in [-0.3, -0.25) is 0 Å². The van der Waals surface area contributed by atoms with E-state index >= 15 is 0 Å². The number of hydrogen-bond donors (Lipinski definition) is 1. The Balaban J connectivity index is 4.19. The summed E-state index contributed by atoms with van der Waals surface area (Å²) in [7, 11) is 0. The molecule has 4 unspecified atom stereocenters. The molecule has 0 bridgehead atoms. The lowest BCUT2D eigenvalue weighted by atomic mass is 9.78. The zero-order valence-corrected chi connectivity index (χ0v) is 16.8. The first kappa shape index (κ1) is 22.8. The van der Waals surface area contributed by atoms with Gasteiger partial charge in [0, 0.05) is 0 Å². The van der Waals surface area contributed by atoms with Crippen LogP contribution in [0.4, 0.5) is 0 Å². The maximum absolute atomic E-state index is 8.94. The average Bonchev–Trinajstić information content (AvgIpc) is 2.40. The predicted molar refractivity (Wildman–Crippen MR) is 95.8 cm³/mol. The van der Waals surface area contributed by atoms with Gasteiger partial charge in [-0.05, 0) is 52.4 Å². The molecule has 0 heterocycles. The molecule has 0 saturated heterocycles. The molecule has 0 saturated carbocycles. The van der Waals surface area contributed by atoms with Gasteiger partial charge in [-0.1, -0.05) is 27.7 Å². The molecule has 4 nitrogen and oxygen atoms in total. The van der Waals surface area contributed by atoms with Gasteiger partial charge in [-0.2, -0.15) is 0 Å². The molecule has 0 radical (unpaired) electrons. The first-order valence-electron chi connectivity index (χ1n) is 8.89. The summed E-state index contributed by atoms with van der Waals surface area (Å²) in [5.74, 6) is 0.469. The molecule has 4 atom stereocenters. The van der Waals surface area contributed by atoms with E-state index in [4.69, 9.17) is 19.3 Å². The molecule has 0 aromatic heterocycles. The summed E-state index contributed by atoms with van der Waals surface area (Å²) in [5.41, 5.74) is 0.121. The summed E-state index contributed by atoms with van der Waals surface area (Å²) < 4.78 is 17.5. The van der Waals surface area contributed by atoms with E-state index in [0.29, 0.717) is 24.5 Å². The molecule has 0 spiro atoms. The van der Waals surface area contributed by atoms with Gasteiger partial charge in [0.15, 0.2) is 0 Å². The van der Waals surface area contributed by atoms with Crippen LogP contribution in [0.5, 0.6) is 0 Å². The summed E-state index contributed by atoms with van der Waals surface area (Å²) in [6, 6.07) is 0. The monoisotopic (exact) mass is 332 g/mol. The Kier molecular flexibility index (Phi) is 9.90. The SMILES string of the molecule is CC(CO)OCC(C)OCC(C)OC(C)(C)C(C)CC(C)(C)C. The molecule has 1 N–H and O–H groups in total. The van der Waals surface area contributed by atoms with Crippen LogP contribution in [0.25, 0.3) is 0 Å². The van der Waals surface area contributed by atoms with Crippen LogP contribution < -0.4 is 0 Å². The van der Waals surface area contributed by atoms with Gasteiger partial charge in [-0.15, -0.1) is 0 Å². The van der Waals surface area contributed by atoms with E-state index in [2.05, 4.69) is 48.5 Å². The second-order valence-electron chi connectivity index (χ2n) is 8.67. The lowest BCUT2D eigenvalue weighted by molar-refractivity contribution is -0.137. The summed E-state index contributed by atoms with van der Waals surface area (Å²) in [6.07, 6.45) is 0.999. The Hall–Kier alpha value is -0.160. The van der Waals surface area contributed by atoms with Crippen molar-refractivity contribution in [3.63, 3.8) is 0 Å². The Labute approximate surface area is 143 Å². The maximum Gasteiger partial charge on any atom is 0.0788 e. The van der Waals surface area contributed by atoms with Crippen molar-refractivity contribution in [1.29, 1.82) is 0 Å². The minimum atomic E-state index is -0.179. The molecule has 23 heavy (non-hydrogen) atoms. The first-order valence-corrected chi connectivity index (χ1v) is 8.89. The van der Waals surface area contributed by atoms with Crippen LogP contribution in [-0.2, 0) is 14.2 Å². The third-order valence-electron chi connectivity index (χ3n) is 4.10. The summed E-state index contributed by atoms with van der Waals surface area (Å²) in [4.78, 5) is 0. The van der Waals surface area contributed by atoms with Gasteiger partial charge in [-0.25, -0.2) is 0 Å². The minimum Gasteiger partial charge on any atom is -0.394 e. The summed E-state index contributed by atoms with van der Waals surface area (Å²) in [6.45, 7) is 20.3. The number of aliphatic hydroxyl groups excluding tert-OH is 1. The van der Waals surface area contributed by atoms with Crippen molar-refractivity contribution in [2.75, 3.05) is 19.8 Å². The fourth-order valence-corrected chi connectivity index (χ4v) is 2.53. The lowest BCUT2D eigenvalue weighted by Crippen LogP contribution is -2.39. The van der Waals surface area contributed by atoms with Crippen LogP contribution in [-0.4, -0.2) is 48.8 Å². The molecule has 0 aliphatic heterocycles. The van der Waals surface area contributed by atoms with Gasteiger partial charge < -0.3 is 19.3 Å². The maximum atomic E-state index is 8.94. The third-order valence-corrected chi connectivity index (χ3v) is 4.10. The molecule has 0 aromatic rings. The van der Waals surface area contributed by atoms with Gasteiger partial charge >= 0.3 is 0 Å². The standard InChI is InChI=1S/C19H40O4/c1-14(10-18(5,6)7)19(8,9)23-17(4)13-22-16(3)12-21-15(2)11-20/h14-17,20H,10-13H2,1-9H3. The van der Waals surface area contributed by atoms with Crippen molar-refractivity contribution in [1.82, 2.24) is 0 Å². The topological polar surface area (TPSA) is 47.9 Å². The molecule has 0 rings (SSSR count). The largest absolute Gasteiger partial charge is 0.394 e. The van der Waals surface area contributed by atoms with Crippen molar-refractivity contribution < 1.29 is 19.3 Å². The van der Waals surface area contributed by atoms with E-state index < -0.39 is 0 Å². The Morgan fingerprint density at radius 3 is 1.74 bits per heavy atom. The van der Waals surface area contributed by atoms with E-state index in [1.165, 1.54) is 0 Å². The van der Waals surface area contributed by atoms with Gasteiger partial charge in [0.25, 0.3) is 0 Å². The van der Waals surface area contributed by atoms with E-state index in [1.54, 1.807) is 0 Å². The Morgan fingerprint density at radius 2 is 1.26 bits per heavy atom. The van der Waals surface area contributed by atoms with Crippen molar-refractivity contribution in [3.05, 3.63) is 0 Å². The molecular weight excluding hydrogens is 292 g/mol. The van der Waals surface area contributed by atoms with Crippen LogP contribution in [0.15, 0.2) is 0 Å². The van der Waals surface area contributed by atoms with Crippen LogP contribution >= 0.6 is 0 Å². The van der Waals surface area contributed by atoms with Crippen LogP contribution in [0.3, 0.4) is 0 Å². The minimum absolute atomic E-state index is 0.00911. The van der Waals surface area contributed by atoms with E-state index in [-0.39, 0.29) is 30.5 Å². The number of aliphatic hydroxyl groups is 1. The molecule has 0 aliphatic carbocycles. The highest BCUT2D eigenvalue weighted by molar-refractivity contribution is 4.81. The molecule has 140 valence electrons. The van der Waals surface area contributed by atoms with Crippen LogP contribution in [0, 0.1) is 11.3 Å². The van der Waals surface area contributed by atoms with E-state index in [0.717, 1.165) is 6.42 Å². The second-order valence-corrected chi connectivity index (χ2v) is 8.67. The quantitative estimate of drug-likeness (QED) is 0.620. The normalized spacial score (nSPS) is 18.5. The molecule has 0 fully saturated rings. The first-order chi connectivity index (χ1) is 10.4. The van der Waals surface area contributed by atoms with E-state index in [1.807, 2.05) is 13.8 Å². The molecule has 0 amide bonds. The average molecular weight is 333 g/mol. The van der Waals surface area contributed by atoms with Crippen LogP contribution in [0.2, 0.25) is 0 Å². The zero-order valence-electron chi connectivity index (χ0n) is 16.8. The fourth-order valence-electron chi connectivity index (χ4n) is 2.53. The zero-order chi connectivity index (χ0) is 18.3. The Bertz CT molecular complexity index is 309. The highest BCUT2D eigenvalue weighted by Crippen LogP contribution is 2.33. The predicted octanol–water partition coefficient (Wildman–Crippen LogP) is 4.04. The second kappa shape index (κ2) is 9.97. The van der Waals surface area contributed by atoms with Crippen molar-refractivity contribution in [2.45, 2.75) is 92.6 Å². The summed E-state index contributed by atoms with van der Waals surface area (Å²) >= 11 is 0. The van der Waals surface area contributed by atoms with Crippen molar-refractivity contribution in [2.24, 2.45) is 11.3 Å². The van der Waals surface area contributed by atoms with E-state index in [9.17, 15) is 0 Å². The van der Waals surface area contributed by atoms with Gasteiger partial charge in [0.05, 0.1) is 43.7 Å². The molecule has 4 heteroatoms. The fraction of sp³-hybridized carbons (Fsp3) is 1.00. The molecule has 0 aromatic carbocycles. The number of rotatable bonds is 11. The summed E-state index contributed by atoms with van der Waals surface area (Å²) in [5, 5.41) is 8.94. The van der Waals surface area contributed by atoms with Gasteiger partial charge in [0.1, 0.15) is 0 Å². The highest BCUT2D eigenvalue weighted by Gasteiger charge is 2.31. The smallest absolute Gasteiger partial charge is 0.0788 e. The molecular formula is C19H40O4. The number of hydrogen-bond acceptors (Lipinski definition) is 4. The Morgan fingerprint density at radius 1 is 0.783 bits per heavy atom. The van der Waals surface area contributed by atoms with Crippen molar-refractivity contribution in [3.8, 4) is 0 Å². The van der Waals surface area contributed by atoms with Gasteiger partial charge in [0.2, 0.25) is 0 Å².